The highest BCUT2D eigenvalue weighted by Crippen LogP contribution is 2.26. The van der Waals surface area contributed by atoms with E-state index in [2.05, 4.69) is 4.98 Å². The SMILES string of the molecule is Cc1nc(CN(CCO)CCO)oc1-c1ccc(Cl)cc1. The number of benzene rings is 1. The molecule has 0 atom stereocenters. The summed E-state index contributed by atoms with van der Waals surface area (Å²) < 4.78 is 5.80. The molecule has 0 saturated carbocycles. The van der Waals surface area contributed by atoms with Crippen molar-refractivity contribution in [2.45, 2.75) is 13.5 Å². The van der Waals surface area contributed by atoms with Gasteiger partial charge in [-0.1, -0.05) is 11.6 Å². The van der Waals surface area contributed by atoms with Crippen molar-refractivity contribution in [2.75, 3.05) is 26.3 Å². The van der Waals surface area contributed by atoms with Gasteiger partial charge >= 0.3 is 0 Å². The molecule has 0 aliphatic rings. The van der Waals surface area contributed by atoms with E-state index >= 15 is 0 Å². The lowest BCUT2D eigenvalue weighted by Gasteiger charge is -2.17. The Balaban J connectivity index is 2.16. The molecular weight excluding hydrogens is 292 g/mol. The monoisotopic (exact) mass is 310 g/mol. The summed E-state index contributed by atoms with van der Waals surface area (Å²) in [6, 6.07) is 7.39. The van der Waals surface area contributed by atoms with Gasteiger partial charge in [0.25, 0.3) is 0 Å². The Bertz CT molecular complexity index is 563. The van der Waals surface area contributed by atoms with Crippen LogP contribution in [0, 0.1) is 6.92 Å². The molecular formula is C15H19ClN2O3. The summed E-state index contributed by atoms with van der Waals surface area (Å²) in [7, 11) is 0. The zero-order valence-electron chi connectivity index (χ0n) is 11.9. The fourth-order valence-electron chi connectivity index (χ4n) is 2.13. The van der Waals surface area contributed by atoms with Gasteiger partial charge in [-0.3, -0.25) is 4.90 Å². The third kappa shape index (κ3) is 4.28. The average molecular weight is 311 g/mol. The molecule has 0 bridgehead atoms. The maximum Gasteiger partial charge on any atom is 0.209 e. The number of aliphatic hydroxyl groups excluding tert-OH is 2. The Kier molecular flexibility index (Phi) is 5.76. The van der Waals surface area contributed by atoms with Gasteiger partial charge in [0, 0.05) is 23.7 Å². The van der Waals surface area contributed by atoms with Crippen LogP contribution in [-0.4, -0.2) is 46.4 Å². The molecule has 1 heterocycles. The minimum Gasteiger partial charge on any atom is -0.439 e. The Morgan fingerprint density at radius 1 is 1.14 bits per heavy atom. The van der Waals surface area contributed by atoms with Crippen molar-refractivity contribution in [1.82, 2.24) is 9.88 Å². The lowest BCUT2D eigenvalue weighted by molar-refractivity contribution is 0.147. The van der Waals surface area contributed by atoms with Gasteiger partial charge in [-0.15, -0.1) is 0 Å². The maximum atomic E-state index is 9.02. The van der Waals surface area contributed by atoms with Gasteiger partial charge in [-0.2, -0.15) is 0 Å². The minimum atomic E-state index is 0.0315. The molecule has 0 amide bonds. The Morgan fingerprint density at radius 3 is 2.33 bits per heavy atom. The number of hydrogen-bond acceptors (Lipinski definition) is 5. The molecule has 21 heavy (non-hydrogen) atoms. The molecule has 2 rings (SSSR count). The number of rotatable bonds is 7. The summed E-state index contributed by atoms with van der Waals surface area (Å²) in [5, 5.41) is 18.7. The van der Waals surface area contributed by atoms with Crippen LogP contribution in [0.3, 0.4) is 0 Å². The Hall–Kier alpha value is -1.40. The molecule has 0 aliphatic carbocycles. The maximum absolute atomic E-state index is 9.02. The van der Waals surface area contributed by atoms with Gasteiger partial charge in [0.1, 0.15) is 0 Å². The zero-order valence-corrected chi connectivity index (χ0v) is 12.7. The molecule has 6 heteroatoms. The molecule has 5 nitrogen and oxygen atoms in total. The molecule has 0 spiro atoms. The second-order valence-electron chi connectivity index (χ2n) is 4.75. The third-order valence-corrected chi connectivity index (χ3v) is 3.39. The highest BCUT2D eigenvalue weighted by atomic mass is 35.5. The van der Waals surface area contributed by atoms with Crippen LogP contribution in [-0.2, 0) is 6.54 Å². The predicted molar refractivity (Wildman–Crippen MR) is 81.1 cm³/mol. The molecule has 0 unspecified atom stereocenters. The molecule has 0 aliphatic heterocycles. The number of nitrogens with zero attached hydrogens (tertiary/aromatic N) is 2. The summed E-state index contributed by atoms with van der Waals surface area (Å²) in [6.07, 6.45) is 0. The van der Waals surface area contributed by atoms with Crippen molar-refractivity contribution in [3.8, 4) is 11.3 Å². The molecule has 114 valence electrons. The fourth-order valence-corrected chi connectivity index (χ4v) is 2.26. The van der Waals surface area contributed by atoms with Gasteiger partial charge in [-0.05, 0) is 31.2 Å². The smallest absolute Gasteiger partial charge is 0.209 e. The van der Waals surface area contributed by atoms with Crippen molar-refractivity contribution >= 4 is 11.6 Å². The summed E-state index contributed by atoms with van der Waals surface area (Å²) in [5.41, 5.74) is 1.73. The second kappa shape index (κ2) is 7.56. The van der Waals surface area contributed by atoms with Crippen LogP contribution < -0.4 is 0 Å². The highest BCUT2D eigenvalue weighted by Gasteiger charge is 2.14. The third-order valence-electron chi connectivity index (χ3n) is 3.14. The van der Waals surface area contributed by atoms with Crippen LogP contribution in [0.5, 0.6) is 0 Å². The second-order valence-corrected chi connectivity index (χ2v) is 5.19. The first-order valence-electron chi connectivity index (χ1n) is 6.80. The number of hydrogen-bond donors (Lipinski definition) is 2. The summed E-state index contributed by atoms with van der Waals surface area (Å²) in [6.45, 7) is 3.35. The lowest BCUT2D eigenvalue weighted by atomic mass is 10.1. The van der Waals surface area contributed by atoms with Crippen LogP contribution in [0.2, 0.25) is 5.02 Å². The van der Waals surface area contributed by atoms with Gasteiger partial charge in [0.15, 0.2) is 5.76 Å². The van der Waals surface area contributed by atoms with E-state index in [1.807, 2.05) is 36.1 Å². The molecule has 1 aromatic heterocycles. The average Bonchev–Trinajstić information content (AvgIpc) is 2.81. The Labute approximate surface area is 128 Å². The summed E-state index contributed by atoms with van der Waals surface area (Å²) in [5.74, 6) is 1.29. The molecule has 1 aromatic carbocycles. The van der Waals surface area contributed by atoms with E-state index in [4.69, 9.17) is 26.2 Å². The van der Waals surface area contributed by atoms with Crippen molar-refractivity contribution in [3.05, 3.63) is 40.9 Å². The Morgan fingerprint density at radius 2 is 1.76 bits per heavy atom. The zero-order chi connectivity index (χ0) is 15.2. The first kappa shape index (κ1) is 16.0. The first-order chi connectivity index (χ1) is 10.1. The highest BCUT2D eigenvalue weighted by molar-refractivity contribution is 6.30. The first-order valence-corrected chi connectivity index (χ1v) is 7.18. The lowest BCUT2D eigenvalue weighted by Crippen LogP contribution is -2.29. The van der Waals surface area contributed by atoms with E-state index in [1.54, 1.807) is 0 Å². The van der Waals surface area contributed by atoms with Gasteiger partial charge in [0.2, 0.25) is 5.89 Å². The standard InChI is InChI=1S/C15H19ClN2O3/c1-11-15(12-2-4-13(16)5-3-12)21-14(17-11)10-18(6-8-19)7-9-20/h2-5,19-20H,6-10H2,1H3. The number of aromatic nitrogens is 1. The number of oxazole rings is 1. The van der Waals surface area contributed by atoms with Crippen LogP contribution in [0.25, 0.3) is 11.3 Å². The molecule has 2 aromatic rings. The van der Waals surface area contributed by atoms with E-state index in [-0.39, 0.29) is 13.2 Å². The van der Waals surface area contributed by atoms with Crippen LogP contribution >= 0.6 is 11.6 Å². The number of aryl methyl sites for hydroxylation is 1. The number of aliphatic hydroxyl groups is 2. The van der Waals surface area contributed by atoms with Crippen LogP contribution in [0.4, 0.5) is 0 Å². The van der Waals surface area contributed by atoms with E-state index in [0.29, 0.717) is 30.5 Å². The fraction of sp³-hybridized carbons (Fsp3) is 0.400. The van der Waals surface area contributed by atoms with Crippen LogP contribution in [0.1, 0.15) is 11.6 Å². The molecule has 0 fully saturated rings. The molecule has 2 N–H and O–H groups in total. The molecule has 0 saturated heterocycles. The van der Waals surface area contributed by atoms with Crippen LogP contribution in [0.15, 0.2) is 28.7 Å². The van der Waals surface area contributed by atoms with Crippen molar-refractivity contribution in [3.63, 3.8) is 0 Å². The number of halogens is 1. The van der Waals surface area contributed by atoms with E-state index < -0.39 is 0 Å². The topological polar surface area (TPSA) is 69.7 Å². The van der Waals surface area contributed by atoms with Crippen molar-refractivity contribution in [2.24, 2.45) is 0 Å². The predicted octanol–water partition coefficient (Wildman–Crippen LogP) is 2.09. The van der Waals surface area contributed by atoms with E-state index in [1.165, 1.54) is 0 Å². The van der Waals surface area contributed by atoms with E-state index in [0.717, 1.165) is 17.0 Å². The normalized spacial score (nSPS) is 11.3. The van der Waals surface area contributed by atoms with Gasteiger partial charge in [0.05, 0.1) is 25.5 Å². The van der Waals surface area contributed by atoms with Crippen molar-refractivity contribution < 1.29 is 14.6 Å². The van der Waals surface area contributed by atoms with Gasteiger partial charge in [-0.25, -0.2) is 4.98 Å². The van der Waals surface area contributed by atoms with Crippen molar-refractivity contribution in [1.29, 1.82) is 0 Å². The molecule has 0 radical (unpaired) electrons. The summed E-state index contributed by atoms with van der Waals surface area (Å²) in [4.78, 5) is 6.29. The van der Waals surface area contributed by atoms with Gasteiger partial charge < -0.3 is 14.6 Å². The largest absolute Gasteiger partial charge is 0.439 e. The summed E-state index contributed by atoms with van der Waals surface area (Å²) >= 11 is 5.88. The van der Waals surface area contributed by atoms with E-state index in [9.17, 15) is 0 Å². The quantitative estimate of drug-likeness (QED) is 0.819. The minimum absolute atomic E-state index is 0.0315.